The zero-order valence-corrected chi connectivity index (χ0v) is 19.9. The summed E-state index contributed by atoms with van der Waals surface area (Å²) in [6.45, 7) is 4.23. The van der Waals surface area contributed by atoms with Crippen LogP contribution in [0.2, 0.25) is 5.02 Å². The van der Waals surface area contributed by atoms with Crippen molar-refractivity contribution in [3.8, 4) is 0 Å². The fraction of sp³-hybridized carbons (Fsp3) is 0.609. The summed E-state index contributed by atoms with van der Waals surface area (Å²) < 4.78 is -0.658. The van der Waals surface area contributed by atoms with Crippen molar-refractivity contribution in [2.45, 2.75) is 61.6 Å². The number of aliphatic hydroxyl groups excluding tert-OH is 1. The van der Waals surface area contributed by atoms with E-state index in [9.17, 15) is 19.5 Å². The largest absolute Gasteiger partial charge is 0.394 e. The molecular formula is C23H30ClN3O4S. The van der Waals surface area contributed by atoms with Gasteiger partial charge in [-0.3, -0.25) is 14.4 Å². The lowest BCUT2D eigenvalue weighted by atomic mass is 9.70. The van der Waals surface area contributed by atoms with Crippen molar-refractivity contribution in [1.82, 2.24) is 10.2 Å². The Bertz CT molecular complexity index is 894. The Morgan fingerprint density at radius 2 is 2.00 bits per heavy atom. The van der Waals surface area contributed by atoms with Crippen molar-refractivity contribution < 1.29 is 19.5 Å². The lowest BCUT2D eigenvalue weighted by Crippen LogP contribution is -2.54. The number of halogens is 1. The molecule has 0 radical (unpaired) electrons. The molecule has 1 aromatic carbocycles. The molecule has 4 rings (SSSR count). The van der Waals surface area contributed by atoms with Crippen LogP contribution in [-0.4, -0.2) is 63.0 Å². The van der Waals surface area contributed by atoms with Gasteiger partial charge in [-0.1, -0.05) is 25.4 Å². The van der Waals surface area contributed by atoms with Gasteiger partial charge in [-0.05, 0) is 49.9 Å². The van der Waals surface area contributed by atoms with E-state index >= 15 is 0 Å². The van der Waals surface area contributed by atoms with Crippen LogP contribution in [0.3, 0.4) is 0 Å². The molecule has 3 aliphatic rings. The van der Waals surface area contributed by atoms with Crippen molar-refractivity contribution in [2.24, 2.45) is 11.8 Å². The monoisotopic (exact) mass is 479 g/mol. The van der Waals surface area contributed by atoms with E-state index < -0.39 is 28.7 Å². The van der Waals surface area contributed by atoms with Gasteiger partial charge < -0.3 is 20.6 Å². The topological polar surface area (TPSA) is 98.7 Å². The average Bonchev–Trinajstić information content (AvgIpc) is 3.42. The van der Waals surface area contributed by atoms with Gasteiger partial charge in [0.15, 0.2) is 0 Å². The highest BCUT2D eigenvalue weighted by molar-refractivity contribution is 8.02. The van der Waals surface area contributed by atoms with Crippen LogP contribution >= 0.6 is 23.4 Å². The maximum Gasteiger partial charge on any atom is 0.248 e. The maximum absolute atomic E-state index is 13.8. The minimum atomic E-state index is -0.744. The summed E-state index contributed by atoms with van der Waals surface area (Å²) in [6.07, 6.45) is 2.84. The zero-order chi connectivity index (χ0) is 23.0. The molecule has 9 heteroatoms. The quantitative estimate of drug-likeness (QED) is 0.532. The Morgan fingerprint density at radius 1 is 1.28 bits per heavy atom. The van der Waals surface area contributed by atoms with Gasteiger partial charge in [0.25, 0.3) is 0 Å². The van der Waals surface area contributed by atoms with Crippen molar-refractivity contribution in [2.75, 3.05) is 18.5 Å². The SMILES string of the molecule is CCCNC(=O)[C@@H]1[C@@H]2CCC3(S2)C(C(=O)Nc2ccc(Cl)cc2)N([C@@H](CC)CO)C(=O)[C@H]13. The van der Waals surface area contributed by atoms with Crippen LogP contribution in [0.5, 0.6) is 0 Å². The number of nitrogens with zero attached hydrogens (tertiary/aromatic N) is 1. The Morgan fingerprint density at radius 3 is 2.62 bits per heavy atom. The van der Waals surface area contributed by atoms with E-state index in [1.807, 2.05) is 13.8 Å². The molecule has 3 saturated heterocycles. The first-order valence-electron chi connectivity index (χ1n) is 11.3. The smallest absolute Gasteiger partial charge is 0.248 e. The second-order valence-corrected chi connectivity index (χ2v) is 10.9. The molecule has 3 heterocycles. The number of aliphatic hydroxyl groups is 1. The van der Waals surface area contributed by atoms with Crippen molar-refractivity contribution in [3.05, 3.63) is 29.3 Å². The van der Waals surface area contributed by atoms with Gasteiger partial charge in [0.05, 0.1) is 29.2 Å². The fourth-order valence-corrected chi connectivity index (χ4v) is 7.94. The molecule has 3 amide bonds. The molecular weight excluding hydrogens is 450 g/mol. The lowest BCUT2D eigenvalue weighted by molar-refractivity contribution is -0.142. The van der Waals surface area contributed by atoms with Crippen LogP contribution in [0.1, 0.15) is 39.5 Å². The number of fused-ring (bicyclic) bond motifs is 1. The van der Waals surface area contributed by atoms with Gasteiger partial charge in [0.2, 0.25) is 17.7 Å². The summed E-state index contributed by atoms with van der Waals surface area (Å²) in [5, 5.41) is 16.5. The highest BCUT2D eigenvalue weighted by Gasteiger charge is 2.74. The van der Waals surface area contributed by atoms with Crippen LogP contribution in [0.4, 0.5) is 5.69 Å². The molecule has 2 bridgehead atoms. The molecule has 3 fully saturated rings. The van der Waals surface area contributed by atoms with E-state index in [1.165, 1.54) is 0 Å². The number of thioether (sulfide) groups is 1. The van der Waals surface area contributed by atoms with Crippen molar-refractivity contribution in [1.29, 1.82) is 0 Å². The number of hydrogen-bond donors (Lipinski definition) is 3. The number of amides is 3. The first-order chi connectivity index (χ1) is 15.4. The highest BCUT2D eigenvalue weighted by atomic mass is 35.5. The van der Waals surface area contributed by atoms with Crippen LogP contribution < -0.4 is 10.6 Å². The first kappa shape index (κ1) is 23.4. The predicted octanol–water partition coefficient (Wildman–Crippen LogP) is 2.67. The molecule has 174 valence electrons. The molecule has 3 aliphatic heterocycles. The molecule has 0 saturated carbocycles. The molecule has 32 heavy (non-hydrogen) atoms. The molecule has 6 atom stereocenters. The van der Waals surface area contributed by atoms with Gasteiger partial charge in [-0.25, -0.2) is 0 Å². The Labute approximate surface area is 197 Å². The van der Waals surface area contributed by atoms with E-state index in [0.29, 0.717) is 30.1 Å². The molecule has 0 aromatic heterocycles. The standard InChI is InChI=1S/C23H30ClN3O4S/c1-3-11-25-20(29)17-16-9-10-23(32-16)18(17)22(31)27(15(4-2)12-28)19(23)21(30)26-14-7-5-13(24)6-8-14/h5-8,15-19,28H,3-4,9-12H2,1-2H3,(H,25,29)(H,26,30)/t15-,16-,17+,18-,19?,23?/m0/s1. The minimum absolute atomic E-state index is 0.0305. The number of rotatable bonds is 8. The third-order valence-electron chi connectivity index (χ3n) is 7.03. The first-order valence-corrected chi connectivity index (χ1v) is 12.6. The van der Waals surface area contributed by atoms with E-state index in [2.05, 4.69) is 10.6 Å². The summed E-state index contributed by atoms with van der Waals surface area (Å²) in [6, 6.07) is 5.62. The lowest BCUT2D eigenvalue weighted by Gasteiger charge is -2.36. The van der Waals surface area contributed by atoms with Crippen molar-refractivity contribution in [3.63, 3.8) is 0 Å². The summed E-state index contributed by atoms with van der Waals surface area (Å²) >= 11 is 7.59. The van der Waals surface area contributed by atoms with Crippen LogP contribution in [0.25, 0.3) is 0 Å². The Balaban J connectivity index is 1.70. The van der Waals surface area contributed by atoms with Crippen LogP contribution in [0, 0.1) is 11.8 Å². The van der Waals surface area contributed by atoms with Gasteiger partial charge in [0, 0.05) is 22.5 Å². The van der Waals surface area contributed by atoms with E-state index in [-0.39, 0.29) is 29.6 Å². The maximum atomic E-state index is 13.8. The van der Waals surface area contributed by atoms with Gasteiger partial charge >= 0.3 is 0 Å². The van der Waals surface area contributed by atoms with E-state index in [4.69, 9.17) is 11.6 Å². The zero-order valence-electron chi connectivity index (χ0n) is 18.3. The van der Waals surface area contributed by atoms with E-state index in [1.54, 1.807) is 40.9 Å². The Kier molecular flexibility index (Phi) is 6.75. The van der Waals surface area contributed by atoms with Crippen LogP contribution in [-0.2, 0) is 14.4 Å². The second kappa shape index (κ2) is 9.23. The van der Waals surface area contributed by atoms with Crippen LogP contribution in [0.15, 0.2) is 24.3 Å². The molecule has 7 nitrogen and oxygen atoms in total. The van der Waals surface area contributed by atoms with Gasteiger partial charge in [-0.15, -0.1) is 11.8 Å². The number of carbonyl (C=O) groups is 3. The molecule has 1 spiro atoms. The second-order valence-electron chi connectivity index (χ2n) is 8.83. The average molecular weight is 480 g/mol. The van der Waals surface area contributed by atoms with Gasteiger partial charge in [-0.2, -0.15) is 0 Å². The third-order valence-corrected chi connectivity index (χ3v) is 9.23. The number of hydrogen-bond acceptors (Lipinski definition) is 5. The number of benzene rings is 1. The summed E-state index contributed by atoms with van der Waals surface area (Å²) in [4.78, 5) is 42.0. The molecule has 2 unspecified atom stereocenters. The fourth-order valence-electron chi connectivity index (χ4n) is 5.61. The number of likely N-dealkylation sites (tertiary alicyclic amines) is 1. The third kappa shape index (κ3) is 3.70. The normalized spacial score (nSPS) is 31.5. The number of nitrogens with one attached hydrogen (secondary N) is 2. The van der Waals surface area contributed by atoms with Crippen molar-refractivity contribution >= 4 is 46.8 Å². The molecule has 1 aromatic rings. The molecule has 0 aliphatic carbocycles. The predicted molar refractivity (Wildman–Crippen MR) is 126 cm³/mol. The highest BCUT2D eigenvalue weighted by Crippen LogP contribution is 2.66. The van der Waals surface area contributed by atoms with E-state index in [0.717, 1.165) is 12.8 Å². The molecule has 3 N–H and O–H groups in total. The number of anilines is 1. The van der Waals surface area contributed by atoms with Gasteiger partial charge in [0.1, 0.15) is 6.04 Å². The summed E-state index contributed by atoms with van der Waals surface area (Å²) in [7, 11) is 0. The summed E-state index contributed by atoms with van der Waals surface area (Å²) in [5.41, 5.74) is 0.596. The Hall–Kier alpha value is -1.77. The minimum Gasteiger partial charge on any atom is -0.394 e. The summed E-state index contributed by atoms with van der Waals surface area (Å²) in [5.74, 6) is -1.56. The number of carbonyl (C=O) groups excluding carboxylic acids is 3.